The number of halogens is 1. The van der Waals surface area contributed by atoms with E-state index in [0.29, 0.717) is 6.54 Å². The van der Waals surface area contributed by atoms with Crippen molar-refractivity contribution >= 4 is 6.09 Å². The maximum absolute atomic E-state index is 13.4. The predicted octanol–water partition coefficient (Wildman–Crippen LogP) is 2.78. The van der Waals surface area contributed by atoms with E-state index in [0.717, 1.165) is 5.56 Å². The topological polar surface area (TPSA) is 29.5 Å². The number of amides is 1. The Morgan fingerprint density at radius 2 is 2.17 bits per heavy atom. The molecule has 2 unspecified atom stereocenters. The van der Waals surface area contributed by atoms with Crippen molar-refractivity contribution in [3.8, 4) is 0 Å². The molecular formula is C14H16FNO2. The zero-order valence-electron chi connectivity index (χ0n) is 10.1. The molecule has 0 radical (unpaired) electrons. The van der Waals surface area contributed by atoms with Crippen molar-refractivity contribution in [2.24, 2.45) is 5.92 Å². The molecule has 96 valence electrons. The molecule has 1 saturated heterocycles. The fraction of sp³-hybridized carbons (Fsp3) is 0.357. The molecule has 0 aliphatic carbocycles. The Balaban J connectivity index is 1.84. The molecule has 0 bridgehead atoms. The molecule has 1 heterocycles. The summed E-state index contributed by atoms with van der Waals surface area (Å²) in [6, 6.07) is 9.41. The Morgan fingerprint density at radius 1 is 1.44 bits per heavy atom. The van der Waals surface area contributed by atoms with Crippen molar-refractivity contribution in [1.29, 1.82) is 0 Å². The molecule has 0 saturated carbocycles. The number of carbonyl (C=O) groups excluding carboxylic acids is 1. The SMILES string of the molecule is C=CC1CN(C(=O)OCc2ccccc2)CC1F. The lowest BCUT2D eigenvalue weighted by atomic mass is 10.1. The highest BCUT2D eigenvalue weighted by atomic mass is 19.1. The zero-order chi connectivity index (χ0) is 13.0. The number of likely N-dealkylation sites (tertiary alicyclic amines) is 1. The summed E-state index contributed by atoms with van der Waals surface area (Å²) in [7, 11) is 0. The van der Waals surface area contributed by atoms with Crippen LogP contribution in [0, 0.1) is 5.92 Å². The van der Waals surface area contributed by atoms with E-state index in [1.165, 1.54) is 4.90 Å². The van der Waals surface area contributed by atoms with Crippen LogP contribution in [0.1, 0.15) is 5.56 Å². The molecule has 0 spiro atoms. The molecule has 2 atom stereocenters. The first kappa shape index (κ1) is 12.6. The minimum Gasteiger partial charge on any atom is -0.445 e. The number of ether oxygens (including phenoxy) is 1. The number of benzene rings is 1. The predicted molar refractivity (Wildman–Crippen MR) is 66.8 cm³/mol. The molecule has 1 aliphatic heterocycles. The normalized spacial score (nSPS) is 22.8. The summed E-state index contributed by atoms with van der Waals surface area (Å²) < 4.78 is 18.6. The van der Waals surface area contributed by atoms with E-state index < -0.39 is 12.3 Å². The summed E-state index contributed by atoms with van der Waals surface area (Å²) in [6.07, 6.45) is 0.0485. The van der Waals surface area contributed by atoms with E-state index in [1.807, 2.05) is 30.3 Å². The first-order valence-electron chi connectivity index (χ1n) is 5.93. The largest absolute Gasteiger partial charge is 0.445 e. The number of alkyl halides is 1. The van der Waals surface area contributed by atoms with Crippen LogP contribution in [0.3, 0.4) is 0 Å². The molecule has 1 aliphatic rings. The van der Waals surface area contributed by atoms with Crippen LogP contribution in [0.2, 0.25) is 0 Å². The van der Waals surface area contributed by atoms with Gasteiger partial charge in [0, 0.05) is 12.5 Å². The maximum atomic E-state index is 13.4. The highest BCUT2D eigenvalue weighted by Gasteiger charge is 2.34. The summed E-state index contributed by atoms with van der Waals surface area (Å²) in [6.45, 7) is 4.21. The summed E-state index contributed by atoms with van der Waals surface area (Å²) in [5, 5.41) is 0. The molecule has 1 aromatic carbocycles. The van der Waals surface area contributed by atoms with E-state index >= 15 is 0 Å². The lowest BCUT2D eigenvalue weighted by Gasteiger charge is -2.15. The minimum atomic E-state index is -1.04. The van der Waals surface area contributed by atoms with Crippen LogP contribution >= 0.6 is 0 Å². The van der Waals surface area contributed by atoms with Crippen molar-refractivity contribution in [1.82, 2.24) is 4.90 Å². The van der Waals surface area contributed by atoms with E-state index in [9.17, 15) is 9.18 Å². The first-order chi connectivity index (χ1) is 8.70. The van der Waals surface area contributed by atoms with Gasteiger partial charge in [-0.3, -0.25) is 0 Å². The Morgan fingerprint density at radius 3 is 2.78 bits per heavy atom. The van der Waals surface area contributed by atoms with Gasteiger partial charge in [0.25, 0.3) is 0 Å². The zero-order valence-corrected chi connectivity index (χ0v) is 10.1. The van der Waals surface area contributed by atoms with Crippen LogP contribution in [0.5, 0.6) is 0 Å². The summed E-state index contributed by atoms with van der Waals surface area (Å²) in [5.74, 6) is -0.283. The Labute approximate surface area is 106 Å². The van der Waals surface area contributed by atoms with Crippen LogP contribution in [0.15, 0.2) is 43.0 Å². The second kappa shape index (κ2) is 5.67. The molecule has 18 heavy (non-hydrogen) atoms. The smallest absolute Gasteiger partial charge is 0.410 e. The number of carbonyl (C=O) groups is 1. The van der Waals surface area contributed by atoms with Crippen molar-refractivity contribution in [3.05, 3.63) is 48.6 Å². The van der Waals surface area contributed by atoms with Gasteiger partial charge >= 0.3 is 6.09 Å². The third-order valence-corrected chi connectivity index (χ3v) is 3.06. The molecule has 1 fully saturated rings. The summed E-state index contributed by atoms with van der Waals surface area (Å²) in [4.78, 5) is 13.1. The van der Waals surface area contributed by atoms with Gasteiger partial charge in [-0.2, -0.15) is 0 Å². The third-order valence-electron chi connectivity index (χ3n) is 3.06. The van der Waals surface area contributed by atoms with Gasteiger partial charge in [-0.1, -0.05) is 36.4 Å². The van der Waals surface area contributed by atoms with Gasteiger partial charge in [-0.05, 0) is 5.56 Å². The Hall–Kier alpha value is -1.84. The molecule has 3 nitrogen and oxygen atoms in total. The average Bonchev–Trinajstić information content (AvgIpc) is 2.78. The van der Waals surface area contributed by atoms with Crippen molar-refractivity contribution in [2.45, 2.75) is 12.8 Å². The van der Waals surface area contributed by atoms with Crippen LogP contribution in [0.25, 0.3) is 0 Å². The molecular weight excluding hydrogens is 233 g/mol. The number of rotatable bonds is 3. The third kappa shape index (κ3) is 2.88. The molecule has 2 rings (SSSR count). The van der Waals surface area contributed by atoms with E-state index in [-0.39, 0.29) is 19.1 Å². The second-order valence-corrected chi connectivity index (χ2v) is 4.36. The van der Waals surface area contributed by atoms with E-state index in [4.69, 9.17) is 4.74 Å². The fourth-order valence-corrected chi connectivity index (χ4v) is 1.97. The number of nitrogens with zero attached hydrogens (tertiary/aromatic N) is 1. The lowest BCUT2D eigenvalue weighted by Crippen LogP contribution is -2.29. The van der Waals surface area contributed by atoms with Gasteiger partial charge in [0.2, 0.25) is 0 Å². The lowest BCUT2D eigenvalue weighted by molar-refractivity contribution is 0.102. The van der Waals surface area contributed by atoms with Crippen LogP contribution < -0.4 is 0 Å². The average molecular weight is 249 g/mol. The highest BCUT2D eigenvalue weighted by Crippen LogP contribution is 2.21. The summed E-state index contributed by atoms with van der Waals surface area (Å²) in [5.41, 5.74) is 0.919. The van der Waals surface area contributed by atoms with Crippen LogP contribution in [-0.4, -0.2) is 30.3 Å². The first-order valence-corrected chi connectivity index (χ1v) is 5.93. The van der Waals surface area contributed by atoms with Crippen molar-refractivity contribution in [3.63, 3.8) is 0 Å². The standard InChI is InChI=1S/C14H16FNO2/c1-2-12-8-16(9-13(12)15)14(17)18-10-11-6-4-3-5-7-11/h2-7,12-13H,1,8-10H2. The van der Waals surface area contributed by atoms with Crippen LogP contribution in [0.4, 0.5) is 9.18 Å². The van der Waals surface area contributed by atoms with E-state index in [2.05, 4.69) is 6.58 Å². The van der Waals surface area contributed by atoms with Gasteiger partial charge in [0.1, 0.15) is 12.8 Å². The van der Waals surface area contributed by atoms with Crippen LogP contribution in [-0.2, 0) is 11.3 Å². The maximum Gasteiger partial charge on any atom is 0.410 e. The number of hydrogen-bond donors (Lipinski definition) is 0. The molecule has 0 N–H and O–H groups in total. The van der Waals surface area contributed by atoms with E-state index in [1.54, 1.807) is 6.08 Å². The summed E-state index contributed by atoms with van der Waals surface area (Å²) >= 11 is 0. The monoisotopic (exact) mass is 249 g/mol. The molecule has 1 amide bonds. The highest BCUT2D eigenvalue weighted by molar-refractivity contribution is 5.68. The molecule has 1 aromatic rings. The van der Waals surface area contributed by atoms with Crippen molar-refractivity contribution in [2.75, 3.05) is 13.1 Å². The van der Waals surface area contributed by atoms with Gasteiger partial charge < -0.3 is 9.64 Å². The van der Waals surface area contributed by atoms with Gasteiger partial charge in [0.05, 0.1) is 6.54 Å². The quantitative estimate of drug-likeness (QED) is 0.771. The van der Waals surface area contributed by atoms with Gasteiger partial charge in [0.15, 0.2) is 0 Å². The Kier molecular flexibility index (Phi) is 3.97. The number of hydrogen-bond acceptors (Lipinski definition) is 2. The van der Waals surface area contributed by atoms with Gasteiger partial charge in [-0.25, -0.2) is 9.18 Å². The minimum absolute atomic E-state index is 0.0876. The fourth-order valence-electron chi connectivity index (χ4n) is 1.97. The Bertz CT molecular complexity index is 421. The molecule has 4 heteroatoms. The van der Waals surface area contributed by atoms with Gasteiger partial charge in [-0.15, -0.1) is 6.58 Å². The second-order valence-electron chi connectivity index (χ2n) is 4.36. The van der Waals surface area contributed by atoms with Crippen molar-refractivity contribution < 1.29 is 13.9 Å². The molecule has 0 aromatic heterocycles.